The second kappa shape index (κ2) is 6.60. The highest BCUT2D eigenvalue weighted by Gasteiger charge is 2.31. The first kappa shape index (κ1) is 16.0. The third-order valence-electron chi connectivity index (χ3n) is 4.18. The monoisotopic (exact) mass is 310 g/mol. The molecule has 0 radical (unpaired) electrons. The Balaban J connectivity index is 2.22. The summed E-state index contributed by atoms with van der Waals surface area (Å²) < 4.78 is 29.9. The van der Waals surface area contributed by atoms with E-state index in [9.17, 15) is 13.2 Å². The van der Waals surface area contributed by atoms with E-state index in [1.807, 2.05) is 0 Å². The molecule has 2 atom stereocenters. The molecule has 1 saturated carbocycles. The van der Waals surface area contributed by atoms with E-state index in [1.165, 1.54) is 7.11 Å². The molecule has 0 saturated heterocycles. The quantitative estimate of drug-likeness (QED) is 0.802. The van der Waals surface area contributed by atoms with E-state index in [4.69, 9.17) is 4.74 Å². The average molecular weight is 310 g/mol. The van der Waals surface area contributed by atoms with Gasteiger partial charge in [-0.05, 0) is 30.4 Å². The van der Waals surface area contributed by atoms with Gasteiger partial charge in [-0.2, -0.15) is 0 Å². The lowest BCUT2D eigenvalue weighted by Crippen LogP contribution is -2.29. The molecular formula is C16H22O4S. The molecule has 0 aliphatic heterocycles. The predicted octanol–water partition coefficient (Wildman–Crippen LogP) is 2.97. The molecule has 116 valence electrons. The van der Waals surface area contributed by atoms with Gasteiger partial charge in [-0.3, -0.25) is 0 Å². The van der Waals surface area contributed by atoms with Crippen molar-refractivity contribution in [2.75, 3.05) is 7.11 Å². The van der Waals surface area contributed by atoms with E-state index in [0.29, 0.717) is 17.0 Å². The van der Waals surface area contributed by atoms with Gasteiger partial charge in [0.2, 0.25) is 0 Å². The van der Waals surface area contributed by atoms with E-state index in [2.05, 4.69) is 6.92 Å². The number of ether oxygens (including phenoxy) is 1. The maximum absolute atomic E-state index is 12.6. The van der Waals surface area contributed by atoms with Crippen LogP contribution >= 0.6 is 0 Å². The standard InChI is InChI=1S/C16H22O4S/c1-12-6-5-8-14(10-12)21(18,19)11-13-7-3-4-9-15(13)16(17)20-2/h3-4,7,9,12,14H,5-6,8,10-11H2,1-2H3. The lowest BCUT2D eigenvalue weighted by Gasteiger charge is -2.26. The van der Waals surface area contributed by atoms with Crippen molar-refractivity contribution in [1.82, 2.24) is 0 Å². The van der Waals surface area contributed by atoms with Crippen molar-refractivity contribution in [2.24, 2.45) is 5.92 Å². The molecule has 1 fully saturated rings. The van der Waals surface area contributed by atoms with Crippen LogP contribution in [-0.2, 0) is 20.3 Å². The van der Waals surface area contributed by atoms with Crippen molar-refractivity contribution in [3.05, 3.63) is 35.4 Å². The number of benzene rings is 1. The number of carbonyl (C=O) groups is 1. The van der Waals surface area contributed by atoms with E-state index in [1.54, 1.807) is 24.3 Å². The smallest absolute Gasteiger partial charge is 0.338 e. The van der Waals surface area contributed by atoms with Crippen molar-refractivity contribution in [2.45, 2.75) is 43.6 Å². The Morgan fingerprint density at radius 1 is 1.29 bits per heavy atom. The van der Waals surface area contributed by atoms with Gasteiger partial charge in [0.1, 0.15) is 0 Å². The predicted molar refractivity (Wildman–Crippen MR) is 81.8 cm³/mol. The largest absolute Gasteiger partial charge is 0.465 e. The summed E-state index contributed by atoms with van der Waals surface area (Å²) in [4.78, 5) is 11.7. The molecule has 0 heterocycles. The average Bonchev–Trinajstić information content (AvgIpc) is 2.46. The van der Waals surface area contributed by atoms with Crippen molar-refractivity contribution < 1.29 is 17.9 Å². The second-order valence-electron chi connectivity index (χ2n) is 5.85. The topological polar surface area (TPSA) is 60.4 Å². The molecule has 4 nitrogen and oxygen atoms in total. The minimum atomic E-state index is -3.24. The van der Waals surface area contributed by atoms with E-state index < -0.39 is 15.8 Å². The van der Waals surface area contributed by atoms with Crippen LogP contribution in [-0.4, -0.2) is 26.7 Å². The Morgan fingerprint density at radius 3 is 2.67 bits per heavy atom. The molecule has 0 spiro atoms. The van der Waals surface area contributed by atoms with Crippen molar-refractivity contribution in [3.63, 3.8) is 0 Å². The number of esters is 1. The summed E-state index contributed by atoms with van der Waals surface area (Å²) in [7, 11) is -1.94. The fourth-order valence-electron chi connectivity index (χ4n) is 2.99. The number of hydrogen-bond acceptors (Lipinski definition) is 4. The zero-order valence-corrected chi connectivity index (χ0v) is 13.4. The van der Waals surface area contributed by atoms with E-state index >= 15 is 0 Å². The van der Waals surface area contributed by atoms with Crippen molar-refractivity contribution in [3.8, 4) is 0 Å². The maximum Gasteiger partial charge on any atom is 0.338 e. The highest BCUT2D eigenvalue weighted by Crippen LogP contribution is 2.30. The molecule has 1 aromatic carbocycles. The molecule has 1 aliphatic rings. The van der Waals surface area contributed by atoms with Crippen LogP contribution in [0.4, 0.5) is 0 Å². The zero-order valence-electron chi connectivity index (χ0n) is 12.5. The van der Waals surface area contributed by atoms with Crippen molar-refractivity contribution in [1.29, 1.82) is 0 Å². The molecule has 5 heteroatoms. The summed E-state index contributed by atoms with van der Waals surface area (Å²) in [6.07, 6.45) is 3.52. The third kappa shape index (κ3) is 3.84. The van der Waals surface area contributed by atoms with E-state index in [0.717, 1.165) is 25.7 Å². The summed E-state index contributed by atoms with van der Waals surface area (Å²) in [5, 5.41) is -0.285. The summed E-state index contributed by atoms with van der Waals surface area (Å²) >= 11 is 0. The van der Waals surface area contributed by atoms with Gasteiger partial charge in [0.15, 0.2) is 9.84 Å². The van der Waals surface area contributed by atoms with Crippen LogP contribution < -0.4 is 0 Å². The summed E-state index contributed by atoms with van der Waals surface area (Å²) in [6.45, 7) is 2.10. The van der Waals surface area contributed by atoms with Crippen LogP contribution in [0, 0.1) is 5.92 Å². The number of rotatable bonds is 4. The first-order valence-electron chi connectivity index (χ1n) is 7.32. The first-order chi connectivity index (χ1) is 9.94. The molecule has 0 aromatic heterocycles. The van der Waals surface area contributed by atoms with Gasteiger partial charge in [-0.15, -0.1) is 0 Å². The number of sulfone groups is 1. The van der Waals surface area contributed by atoms with Gasteiger partial charge in [-0.25, -0.2) is 13.2 Å². The summed E-state index contributed by atoms with van der Waals surface area (Å²) in [5.41, 5.74) is 0.870. The number of carbonyl (C=O) groups excluding carboxylic acids is 1. The Bertz CT molecular complexity index is 606. The first-order valence-corrected chi connectivity index (χ1v) is 9.03. The Labute approximate surface area is 126 Å². The second-order valence-corrected chi connectivity index (χ2v) is 8.13. The molecule has 0 bridgehead atoms. The summed E-state index contributed by atoms with van der Waals surface area (Å²) in [6, 6.07) is 6.77. The Kier molecular flexibility index (Phi) is 5.04. The summed E-state index contributed by atoms with van der Waals surface area (Å²) in [5.74, 6) is -0.123. The van der Waals surface area contributed by atoms with Crippen molar-refractivity contribution >= 4 is 15.8 Å². The van der Waals surface area contributed by atoms with Gasteiger partial charge >= 0.3 is 5.97 Å². The molecule has 1 aliphatic carbocycles. The molecule has 0 N–H and O–H groups in total. The highest BCUT2D eigenvalue weighted by atomic mass is 32.2. The molecule has 0 amide bonds. The maximum atomic E-state index is 12.6. The zero-order chi connectivity index (χ0) is 15.5. The molecule has 2 rings (SSSR count). The highest BCUT2D eigenvalue weighted by molar-refractivity contribution is 7.91. The van der Waals surface area contributed by atoms with Crippen LogP contribution in [0.5, 0.6) is 0 Å². The van der Waals surface area contributed by atoms with Crippen LogP contribution in [0.2, 0.25) is 0 Å². The van der Waals surface area contributed by atoms with Gasteiger partial charge < -0.3 is 4.74 Å². The third-order valence-corrected chi connectivity index (χ3v) is 6.33. The van der Waals surface area contributed by atoms with Gasteiger partial charge in [0, 0.05) is 0 Å². The Morgan fingerprint density at radius 2 is 2.00 bits per heavy atom. The van der Waals surface area contributed by atoms with Crippen LogP contribution in [0.15, 0.2) is 24.3 Å². The van der Waals surface area contributed by atoms with Crippen LogP contribution in [0.25, 0.3) is 0 Å². The van der Waals surface area contributed by atoms with Crippen LogP contribution in [0.1, 0.15) is 48.5 Å². The molecule has 21 heavy (non-hydrogen) atoms. The van der Waals surface area contributed by atoms with E-state index in [-0.39, 0.29) is 11.0 Å². The number of methoxy groups -OCH3 is 1. The van der Waals surface area contributed by atoms with Gasteiger partial charge in [0.05, 0.1) is 23.7 Å². The van der Waals surface area contributed by atoms with Gasteiger partial charge in [-0.1, -0.05) is 38.0 Å². The minimum absolute atomic E-state index is 0.0876. The Hall–Kier alpha value is -1.36. The fraction of sp³-hybridized carbons (Fsp3) is 0.562. The number of hydrogen-bond donors (Lipinski definition) is 0. The van der Waals surface area contributed by atoms with Crippen LogP contribution in [0.3, 0.4) is 0 Å². The van der Waals surface area contributed by atoms with Gasteiger partial charge in [0.25, 0.3) is 0 Å². The fourth-order valence-corrected chi connectivity index (χ4v) is 5.06. The SMILES string of the molecule is COC(=O)c1ccccc1CS(=O)(=O)C1CCCC(C)C1. The minimum Gasteiger partial charge on any atom is -0.465 e. The molecule has 2 unspecified atom stereocenters. The molecular weight excluding hydrogens is 288 g/mol. The molecule has 1 aromatic rings. The lowest BCUT2D eigenvalue weighted by molar-refractivity contribution is 0.0600. The normalized spacial score (nSPS) is 22.8. The lowest BCUT2D eigenvalue weighted by atomic mass is 9.91.